The normalized spacial score (nSPS) is 14.2. The molecular weight excluding hydrogens is 383 g/mol. The molecule has 3 heterocycles. The minimum absolute atomic E-state index is 0. The molecule has 138 valence electrons. The molecule has 25 heavy (non-hydrogen) atoms. The number of hydrogen-bond donors (Lipinski definition) is 2. The van der Waals surface area contributed by atoms with Gasteiger partial charge in [-0.05, 0) is 19.0 Å². The van der Waals surface area contributed by atoms with Crippen LogP contribution in [0.5, 0.6) is 0 Å². The monoisotopic (exact) mass is 404 g/mol. The number of nitrogens with one attached hydrogen (secondary N) is 2. The number of carbonyl (C=O) groups excluding carboxylic acids is 1. The molecular formula is C15H22Cl2N6OS. The van der Waals surface area contributed by atoms with E-state index in [1.807, 2.05) is 0 Å². The number of carbonyl (C=O) groups is 1. The average Bonchev–Trinajstić information content (AvgIpc) is 3.10. The van der Waals surface area contributed by atoms with Gasteiger partial charge in [0.1, 0.15) is 4.88 Å². The van der Waals surface area contributed by atoms with Crippen molar-refractivity contribution in [2.24, 2.45) is 0 Å². The van der Waals surface area contributed by atoms with Crippen LogP contribution < -0.4 is 10.6 Å². The summed E-state index contributed by atoms with van der Waals surface area (Å²) in [5.74, 6) is 0.472. The fraction of sp³-hybridized carbons (Fsp3) is 0.467. The molecule has 2 N–H and O–H groups in total. The first-order valence-corrected chi connectivity index (χ1v) is 8.59. The van der Waals surface area contributed by atoms with Gasteiger partial charge in [-0.25, -0.2) is 15.0 Å². The Morgan fingerprint density at radius 1 is 1.20 bits per heavy atom. The van der Waals surface area contributed by atoms with Crippen LogP contribution in [0.25, 0.3) is 10.8 Å². The van der Waals surface area contributed by atoms with Crippen molar-refractivity contribution in [2.75, 3.05) is 39.3 Å². The zero-order chi connectivity index (χ0) is 15.9. The molecule has 0 spiro atoms. The summed E-state index contributed by atoms with van der Waals surface area (Å²) in [5, 5.41) is 6.95. The molecule has 2 aromatic rings. The Hall–Kier alpha value is -1.32. The lowest BCUT2D eigenvalue weighted by atomic mass is 10.3. The SMILES string of the molecule is Cl.Cl.O=C(NCCCN1CCNCC1)c1cnc(-c2ncccn2)s1. The highest BCUT2D eigenvalue weighted by Gasteiger charge is 2.13. The van der Waals surface area contributed by atoms with Gasteiger partial charge < -0.3 is 15.5 Å². The van der Waals surface area contributed by atoms with Crippen molar-refractivity contribution in [3.63, 3.8) is 0 Å². The van der Waals surface area contributed by atoms with Gasteiger partial charge in [0.15, 0.2) is 10.8 Å². The summed E-state index contributed by atoms with van der Waals surface area (Å²) < 4.78 is 0. The highest BCUT2D eigenvalue weighted by molar-refractivity contribution is 7.16. The van der Waals surface area contributed by atoms with E-state index in [2.05, 4.69) is 30.5 Å². The second-order valence-corrected chi connectivity index (χ2v) is 6.33. The Morgan fingerprint density at radius 2 is 1.92 bits per heavy atom. The van der Waals surface area contributed by atoms with Crippen molar-refractivity contribution in [3.8, 4) is 10.8 Å². The Labute approximate surface area is 163 Å². The first kappa shape index (κ1) is 21.7. The van der Waals surface area contributed by atoms with Gasteiger partial charge in [0.05, 0.1) is 6.20 Å². The molecule has 10 heteroatoms. The fourth-order valence-corrected chi connectivity index (χ4v) is 3.20. The molecule has 0 aliphatic carbocycles. The van der Waals surface area contributed by atoms with Crippen LogP contribution in [-0.4, -0.2) is 65.0 Å². The molecule has 1 saturated heterocycles. The lowest BCUT2D eigenvalue weighted by Gasteiger charge is -2.26. The maximum absolute atomic E-state index is 12.1. The zero-order valence-electron chi connectivity index (χ0n) is 13.7. The standard InChI is InChI=1S/C15H20N6OS.2ClH/c22-14(19-5-2-8-21-9-6-16-7-10-21)12-11-20-15(23-12)13-17-3-1-4-18-13;;/h1,3-4,11,16H,2,5-10H2,(H,19,22);2*1H. The van der Waals surface area contributed by atoms with Crippen molar-refractivity contribution >= 4 is 42.1 Å². The zero-order valence-corrected chi connectivity index (χ0v) is 16.1. The average molecular weight is 405 g/mol. The van der Waals surface area contributed by atoms with Gasteiger partial charge in [-0.1, -0.05) is 0 Å². The molecule has 0 aromatic carbocycles. The quantitative estimate of drug-likeness (QED) is 0.709. The van der Waals surface area contributed by atoms with Crippen LogP contribution in [0.3, 0.4) is 0 Å². The highest BCUT2D eigenvalue weighted by Crippen LogP contribution is 2.21. The molecule has 1 aliphatic rings. The van der Waals surface area contributed by atoms with E-state index in [1.165, 1.54) is 11.3 Å². The molecule has 7 nitrogen and oxygen atoms in total. The number of nitrogens with zero attached hydrogens (tertiary/aromatic N) is 4. The van der Waals surface area contributed by atoms with Gasteiger partial charge >= 0.3 is 0 Å². The van der Waals surface area contributed by atoms with Gasteiger partial charge in [-0.2, -0.15) is 0 Å². The highest BCUT2D eigenvalue weighted by atomic mass is 35.5. The molecule has 1 fully saturated rings. The minimum Gasteiger partial charge on any atom is -0.351 e. The topological polar surface area (TPSA) is 83.0 Å². The number of aromatic nitrogens is 3. The molecule has 3 rings (SSSR count). The Morgan fingerprint density at radius 3 is 2.64 bits per heavy atom. The van der Waals surface area contributed by atoms with Crippen LogP contribution in [0.1, 0.15) is 16.1 Å². The van der Waals surface area contributed by atoms with E-state index in [1.54, 1.807) is 24.7 Å². The smallest absolute Gasteiger partial charge is 0.263 e. The summed E-state index contributed by atoms with van der Waals surface area (Å²) in [5.41, 5.74) is 0. The first-order chi connectivity index (χ1) is 11.3. The largest absolute Gasteiger partial charge is 0.351 e. The predicted molar refractivity (Wildman–Crippen MR) is 104 cm³/mol. The minimum atomic E-state index is -0.0787. The van der Waals surface area contributed by atoms with E-state index >= 15 is 0 Å². The van der Waals surface area contributed by atoms with Crippen molar-refractivity contribution in [1.29, 1.82) is 0 Å². The molecule has 1 aliphatic heterocycles. The number of hydrogen-bond acceptors (Lipinski definition) is 7. The van der Waals surface area contributed by atoms with Gasteiger partial charge in [-0.3, -0.25) is 4.79 Å². The molecule has 0 radical (unpaired) electrons. The Kier molecular flexibility index (Phi) is 9.84. The van der Waals surface area contributed by atoms with Gasteiger partial charge in [-0.15, -0.1) is 36.2 Å². The van der Waals surface area contributed by atoms with Gasteiger partial charge in [0.25, 0.3) is 5.91 Å². The number of rotatable bonds is 6. The van der Waals surface area contributed by atoms with Crippen LogP contribution in [0.4, 0.5) is 0 Å². The third-order valence-electron chi connectivity index (χ3n) is 3.63. The fourth-order valence-electron chi connectivity index (χ4n) is 2.42. The van der Waals surface area contributed by atoms with Crippen molar-refractivity contribution in [2.45, 2.75) is 6.42 Å². The van der Waals surface area contributed by atoms with Crippen molar-refractivity contribution in [3.05, 3.63) is 29.5 Å². The molecule has 0 unspecified atom stereocenters. The number of amides is 1. The first-order valence-electron chi connectivity index (χ1n) is 7.77. The van der Waals surface area contributed by atoms with Gasteiger partial charge in [0.2, 0.25) is 0 Å². The molecule has 1 amide bonds. The third-order valence-corrected chi connectivity index (χ3v) is 4.62. The summed E-state index contributed by atoms with van der Waals surface area (Å²) in [4.78, 5) is 27.7. The lowest BCUT2D eigenvalue weighted by molar-refractivity contribution is 0.0955. The van der Waals surface area contributed by atoms with Crippen molar-refractivity contribution < 1.29 is 4.79 Å². The molecule has 2 aromatic heterocycles. The second-order valence-electron chi connectivity index (χ2n) is 5.30. The van der Waals surface area contributed by atoms with Crippen LogP contribution >= 0.6 is 36.2 Å². The van der Waals surface area contributed by atoms with E-state index in [0.29, 0.717) is 22.3 Å². The number of piperazine rings is 1. The lowest BCUT2D eigenvalue weighted by Crippen LogP contribution is -2.44. The maximum Gasteiger partial charge on any atom is 0.263 e. The summed E-state index contributed by atoms with van der Waals surface area (Å²) in [6, 6.07) is 1.75. The van der Waals surface area contributed by atoms with E-state index in [9.17, 15) is 4.79 Å². The predicted octanol–water partition coefficient (Wildman–Crippen LogP) is 1.47. The Balaban J connectivity index is 0.00000156. The summed E-state index contributed by atoms with van der Waals surface area (Å²) in [6.07, 6.45) is 5.88. The molecule has 0 saturated carbocycles. The van der Waals surface area contributed by atoms with Gasteiger partial charge in [0, 0.05) is 45.1 Å². The second kappa shape index (κ2) is 11.3. The van der Waals surface area contributed by atoms with E-state index in [4.69, 9.17) is 0 Å². The summed E-state index contributed by atoms with van der Waals surface area (Å²) in [7, 11) is 0. The van der Waals surface area contributed by atoms with E-state index < -0.39 is 0 Å². The van der Waals surface area contributed by atoms with E-state index in [-0.39, 0.29) is 30.7 Å². The van der Waals surface area contributed by atoms with E-state index in [0.717, 1.165) is 39.1 Å². The Bertz CT molecular complexity index is 636. The van der Waals surface area contributed by atoms with Crippen LogP contribution in [0.15, 0.2) is 24.7 Å². The molecule has 0 atom stereocenters. The molecule has 0 bridgehead atoms. The number of thiazole rings is 1. The summed E-state index contributed by atoms with van der Waals surface area (Å²) in [6.45, 7) is 5.98. The summed E-state index contributed by atoms with van der Waals surface area (Å²) >= 11 is 1.31. The number of halogens is 2. The van der Waals surface area contributed by atoms with Crippen LogP contribution in [-0.2, 0) is 0 Å². The van der Waals surface area contributed by atoms with Crippen LogP contribution in [0, 0.1) is 0 Å². The maximum atomic E-state index is 12.1. The van der Waals surface area contributed by atoms with Crippen LogP contribution in [0.2, 0.25) is 0 Å². The third kappa shape index (κ3) is 6.48. The van der Waals surface area contributed by atoms with Crippen molar-refractivity contribution in [1.82, 2.24) is 30.5 Å².